The van der Waals surface area contributed by atoms with Crippen molar-refractivity contribution in [2.75, 3.05) is 13.1 Å². The Bertz CT molecular complexity index is 615. The van der Waals surface area contributed by atoms with Crippen molar-refractivity contribution < 1.29 is 9.59 Å². The molecule has 0 radical (unpaired) electrons. The third kappa shape index (κ3) is 5.93. The second-order valence-electron chi connectivity index (χ2n) is 8.06. The first-order valence-corrected chi connectivity index (χ1v) is 10.7. The van der Waals surface area contributed by atoms with E-state index < -0.39 is 0 Å². The van der Waals surface area contributed by atoms with Gasteiger partial charge in [0.25, 0.3) is 0 Å². The van der Waals surface area contributed by atoms with E-state index >= 15 is 0 Å². The van der Waals surface area contributed by atoms with Crippen LogP contribution in [0.2, 0.25) is 0 Å². The molecule has 0 aromatic carbocycles. The molecule has 2 aliphatic rings. The molecule has 7 heteroatoms. The Kier molecular flexibility index (Phi) is 8.13. The number of halogens is 1. The molecule has 1 saturated carbocycles. The molecule has 1 unspecified atom stereocenters. The molecule has 3 rings (SSSR count). The van der Waals surface area contributed by atoms with Crippen LogP contribution in [0.25, 0.3) is 0 Å². The van der Waals surface area contributed by atoms with E-state index in [4.69, 9.17) is 0 Å². The van der Waals surface area contributed by atoms with Gasteiger partial charge in [-0.15, -0.1) is 12.4 Å². The summed E-state index contributed by atoms with van der Waals surface area (Å²) in [5, 5.41) is 10.5. The lowest BCUT2D eigenvalue weighted by Gasteiger charge is -2.29. The Labute approximate surface area is 172 Å². The van der Waals surface area contributed by atoms with Crippen LogP contribution in [0.1, 0.15) is 57.9 Å². The maximum atomic E-state index is 13.0. The van der Waals surface area contributed by atoms with Gasteiger partial charge in [-0.05, 0) is 80.4 Å². The fourth-order valence-corrected chi connectivity index (χ4v) is 4.78. The van der Waals surface area contributed by atoms with Gasteiger partial charge in [-0.25, -0.2) is 0 Å². The van der Waals surface area contributed by atoms with Crippen LogP contribution in [0.3, 0.4) is 0 Å². The highest BCUT2D eigenvalue weighted by atomic mass is 35.5. The normalized spacial score (nSPS) is 20.2. The van der Waals surface area contributed by atoms with E-state index in [1.165, 1.54) is 18.4 Å². The molecule has 1 spiro atoms. The minimum atomic E-state index is 0. The van der Waals surface area contributed by atoms with Crippen LogP contribution in [0.4, 0.5) is 0 Å². The summed E-state index contributed by atoms with van der Waals surface area (Å²) >= 11 is 1.68. The zero-order valence-corrected chi connectivity index (χ0v) is 18.0. The molecule has 2 heterocycles. The minimum absolute atomic E-state index is 0. The fourth-order valence-electron chi connectivity index (χ4n) is 4.12. The highest BCUT2D eigenvalue weighted by Crippen LogP contribution is 2.56. The molecular formula is C20H32ClN3O2S. The van der Waals surface area contributed by atoms with E-state index in [2.05, 4.69) is 32.4 Å². The topological polar surface area (TPSA) is 61.4 Å². The van der Waals surface area contributed by atoms with Crippen molar-refractivity contribution in [2.45, 2.75) is 71.0 Å². The standard InChI is InChI=1S/C20H31N3O2S.ClH/c1-15(2)22-18(24)4-3-5-19(25)23(13-16-6-11-26-14-16)17-12-20(17)7-9-21-10-8-20;/h6,11,14-15,17,21H,3-5,7-10,12-13H2,1-2H3,(H,22,24);1H. The van der Waals surface area contributed by atoms with E-state index in [0.717, 1.165) is 19.5 Å². The Morgan fingerprint density at radius 3 is 2.70 bits per heavy atom. The van der Waals surface area contributed by atoms with E-state index in [1.807, 2.05) is 13.8 Å². The molecule has 2 N–H and O–H groups in total. The van der Waals surface area contributed by atoms with Gasteiger partial charge in [-0.1, -0.05) is 0 Å². The van der Waals surface area contributed by atoms with Crippen molar-refractivity contribution >= 4 is 35.6 Å². The van der Waals surface area contributed by atoms with Crippen LogP contribution >= 0.6 is 23.7 Å². The number of hydrogen-bond donors (Lipinski definition) is 2. The molecule has 1 aliphatic heterocycles. The van der Waals surface area contributed by atoms with Crippen molar-refractivity contribution in [1.29, 1.82) is 0 Å². The van der Waals surface area contributed by atoms with E-state index in [-0.39, 0.29) is 30.3 Å². The van der Waals surface area contributed by atoms with Crippen molar-refractivity contribution in [1.82, 2.24) is 15.5 Å². The highest BCUT2D eigenvalue weighted by molar-refractivity contribution is 7.07. The lowest BCUT2D eigenvalue weighted by atomic mass is 9.93. The van der Waals surface area contributed by atoms with Gasteiger partial charge >= 0.3 is 0 Å². The molecule has 1 aromatic rings. The average Bonchev–Trinajstić information content (AvgIpc) is 3.03. The third-order valence-corrected chi connectivity index (χ3v) is 6.35. The van der Waals surface area contributed by atoms with E-state index in [1.54, 1.807) is 11.3 Å². The molecule has 2 fully saturated rings. The van der Waals surface area contributed by atoms with E-state index in [0.29, 0.717) is 37.3 Å². The van der Waals surface area contributed by atoms with Gasteiger partial charge < -0.3 is 15.5 Å². The highest BCUT2D eigenvalue weighted by Gasteiger charge is 2.57. The minimum Gasteiger partial charge on any atom is -0.354 e. The summed E-state index contributed by atoms with van der Waals surface area (Å²) in [7, 11) is 0. The summed E-state index contributed by atoms with van der Waals surface area (Å²) in [6.07, 6.45) is 4.98. The van der Waals surface area contributed by atoms with Gasteiger partial charge in [0.15, 0.2) is 0 Å². The third-order valence-electron chi connectivity index (χ3n) is 5.62. The van der Waals surface area contributed by atoms with Crippen molar-refractivity contribution in [3.63, 3.8) is 0 Å². The summed E-state index contributed by atoms with van der Waals surface area (Å²) in [5.74, 6) is 0.243. The zero-order valence-electron chi connectivity index (χ0n) is 16.3. The van der Waals surface area contributed by atoms with Crippen LogP contribution in [0.5, 0.6) is 0 Å². The molecule has 27 heavy (non-hydrogen) atoms. The number of amides is 2. The molecule has 1 atom stereocenters. The molecule has 152 valence electrons. The number of thiophene rings is 1. The van der Waals surface area contributed by atoms with Crippen LogP contribution in [0, 0.1) is 5.41 Å². The summed E-state index contributed by atoms with van der Waals surface area (Å²) in [6.45, 7) is 6.74. The van der Waals surface area contributed by atoms with Crippen LogP contribution in [-0.4, -0.2) is 41.9 Å². The number of piperidine rings is 1. The molecule has 0 bridgehead atoms. The maximum Gasteiger partial charge on any atom is 0.223 e. The number of nitrogens with zero attached hydrogens (tertiary/aromatic N) is 1. The molecule has 1 saturated heterocycles. The lowest BCUT2D eigenvalue weighted by molar-refractivity contribution is -0.133. The van der Waals surface area contributed by atoms with Crippen LogP contribution in [0.15, 0.2) is 16.8 Å². The summed E-state index contributed by atoms with van der Waals surface area (Å²) in [5.41, 5.74) is 1.56. The Balaban J connectivity index is 0.00000261. The summed E-state index contributed by atoms with van der Waals surface area (Å²) in [4.78, 5) is 26.9. The van der Waals surface area contributed by atoms with Crippen molar-refractivity contribution in [2.24, 2.45) is 5.41 Å². The van der Waals surface area contributed by atoms with Gasteiger partial charge in [0.1, 0.15) is 0 Å². The summed E-state index contributed by atoms with van der Waals surface area (Å²) < 4.78 is 0. The quantitative estimate of drug-likeness (QED) is 0.687. The average molecular weight is 414 g/mol. The first-order valence-electron chi connectivity index (χ1n) is 9.81. The van der Waals surface area contributed by atoms with Gasteiger partial charge in [-0.3, -0.25) is 9.59 Å². The fraction of sp³-hybridized carbons (Fsp3) is 0.700. The van der Waals surface area contributed by atoms with Gasteiger partial charge in [0.05, 0.1) is 0 Å². The van der Waals surface area contributed by atoms with Crippen LogP contribution < -0.4 is 10.6 Å². The molecule has 1 aromatic heterocycles. The predicted molar refractivity (Wildman–Crippen MR) is 112 cm³/mol. The number of rotatable bonds is 8. The molecule has 2 amide bonds. The first kappa shape index (κ1) is 22.2. The van der Waals surface area contributed by atoms with Crippen molar-refractivity contribution in [3.8, 4) is 0 Å². The molecule has 5 nitrogen and oxygen atoms in total. The van der Waals surface area contributed by atoms with Crippen molar-refractivity contribution in [3.05, 3.63) is 22.4 Å². The van der Waals surface area contributed by atoms with Gasteiger partial charge in [0.2, 0.25) is 11.8 Å². The largest absolute Gasteiger partial charge is 0.354 e. The first-order chi connectivity index (χ1) is 12.5. The smallest absolute Gasteiger partial charge is 0.223 e. The second-order valence-corrected chi connectivity index (χ2v) is 8.84. The number of carbonyl (C=O) groups excluding carboxylic acids is 2. The lowest BCUT2D eigenvalue weighted by Crippen LogP contribution is -2.39. The SMILES string of the molecule is CC(C)NC(=O)CCCC(=O)N(Cc1ccsc1)C1CC12CCNCC2.Cl. The number of hydrogen-bond acceptors (Lipinski definition) is 4. The number of nitrogens with one attached hydrogen (secondary N) is 2. The molecule has 1 aliphatic carbocycles. The van der Waals surface area contributed by atoms with Gasteiger partial charge in [0, 0.05) is 31.5 Å². The summed E-state index contributed by atoms with van der Waals surface area (Å²) in [6, 6.07) is 2.64. The monoisotopic (exact) mass is 413 g/mol. The molecular weight excluding hydrogens is 382 g/mol. The Morgan fingerprint density at radius 2 is 2.07 bits per heavy atom. The van der Waals surface area contributed by atoms with Crippen LogP contribution in [-0.2, 0) is 16.1 Å². The number of carbonyl (C=O) groups is 2. The maximum absolute atomic E-state index is 13.0. The predicted octanol–water partition coefficient (Wildman–Crippen LogP) is 3.34. The Morgan fingerprint density at radius 1 is 1.33 bits per heavy atom. The van der Waals surface area contributed by atoms with E-state index in [9.17, 15) is 9.59 Å². The second kappa shape index (κ2) is 9.89. The Hall–Kier alpha value is -1.11. The zero-order chi connectivity index (χ0) is 18.6. The van der Waals surface area contributed by atoms with Gasteiger partial charge in [-0.2, -0.15) is 11.3 Å².